The Hall–Kier alpha value is -3.82. The van der Waals surface area contributed by atoms with Crippen molar-refractivity contribution in [2.45, 2.75) is 13.5 Å². The number of halogens is 1. The molecule has 196 valence electrons. The van der Waals surface area contributed by atoms with Crippen molar-refractivity contribution in [3.63, 3.8) is 0 Å². The maximum Gasteiger partial charge on any atom is 0.278 e. The van der Waals surface area contributed by atoms with Crippen molar-refractivity contribution in [2.24, 2.45) is 0 Å². The quantitative estimate of drug-likeness (QED) is 0.324. The molecular formula is C29H30FN5O2S. The van der Waals surface area contributed by atoms with Crippen LogP contribution < -0.4 is 14.5 Å². The van der Waals surface area contributed by atoms with E-state index in [-0.39, 0.29) is 17.9 Å². The molecule has 0 atom stereocenters. The lowest BCUT2D eigenvalue weighted by atomic mass is 10.1. The van der Waals surface area contributed by atoms with Gasteiger partial charge in [0.05, 0.1) is 31.7 Å². The molecule has 0 unspecified atom stereocenters. The van der Waals surface area contributed by atoms with Gasteiger partial charge in [-0.25, -0.2) is 14.4 Å². The number of ether oxygens (including phenoxy) is 1. The Kier molecular flexibility index (Phi) is 7.67. The summed E-state index contributed by atoms with van der Waals surface area (Å²) < 4.78 is 20.3. The van der Waals surface area contributed by atoms with Crippen molar-refractivity contribution < 1.29 is 13.9 Å². The molecule has 1 amide bonds. The smallest absolute Gasteiger partial charge is 0.278 e. The zero-order chi connectivity index (χ0) is 26.6. The monoisotopic (exact) mass is 531 g/mol. The van der Waals surface area contributed by atoms with Gasteiger partial charge in [-0.15, -0.1) is 11.3 Å². The minimum Gasteiger partial charge on any atom is -0.496 e. The van der Waals surface area contributed by atoms with Gasteiger partial charge in [0.15, 0.2) is 0 Å². The predicted molar refractivity (Wildman–Crippen MR) is 150 cm³/mol. The van der Waals surface area contributed by atoms with Crippen LogP contribution in [0, 0.1) is 12.7 Å². The summed E-state index contributed by atoms with van der Waals surface area (Å²) >= 11 is 1.57. The van der Waals surface area contributed by atoms with E-state index in [1.807, 2.05) is 31.2 Å². The van der Waals surface area contributed by atoms with Gasteiger partial charge in [0, 0.05) is 35.9 Å². The van der Waals surface area contributed by atoms with Crippen molar-refractivity contribution >= 4 is 28.7 Å². The number of aryl methyl sites for hydroxylation is 1. The number of methoxy groups -OCH3 is 1. The number of para-hydroxylation sites is 1. The number of aromatic nitrogens is 2. The van der Waals surface area contributed by atoms with E-state index in [9.17, 15) is 9.18 Å². The maximum absolute atomic E-state index is 14.9. The Balaban J connectivity index is 1.40. The highest BCUT2D eigenvalue weighted by Gasteiger charge is 2.24. The lowest BCUT2D eigenvalue weighted by Gasteiger charge is -2.33. The third-order valence-corrected chi connectivity index (χ3v) is 7.85. The molecule has 0 aliphatic carbocycles. The summed E-state index contributed by atoms with van der Waals surface area (Å²) in [6.45, 7) is 5.82. The minimum absolute atomic E-state index is 0.175. The van der Waals surface area contributed by atoms with Crippen LogP contribution in [-0.4, -0.2) is 61.1 Å². The number of amides is 1. The predicted octanol–water partition coefficient (Wildman–Crippen LogP) is 5.26. The van der Waals surface area contributed by atoms with E-state index in [0.29, 0.717) is 0 Å². The molecular weight excluding hydrogens is 501 g/mol. The van der Waals surface area contributed by atoms with Gasteiger partial charge in [-0.3, -0.25) is 9.69 Å². The summed E-state index contributed by atoms with van der Waals surface area (Å²) in [6.07, 6.45) is 3.12. The SMILES string of the molecule is COc1ccc(-c2ccc(CN(C(=O)c3cnc(N4CCN(C)CC4)cn3)c3ccccc3F)s2)cc1C. The lowest BCUT2D eigenvalue weighted by Crippen LogP contribution is -2.44. The lowest BCUT2D eigenvalue weighted by molar-refractivity contribution is 0.0979. The molecule has 2 aromatic heterocycles. The number of nitrogens with zero attached hydrogens (tertiary/aromatic N) is 5. The first-order valence-corrected chi connectivity index (χ1v) is 13.3. The fraction of sp³-hybridized carbons (Fsp3) is 0.276. The number of hydrogen-bond donors (Lipinski definition) is 0. The zero-order valence-corrected chi connectivity index (χ0v) is 22.5. The number of rotatable bonds is 7. The summed E-state index contributed by atoms with van der Waals surface area (Å²) in [5, 5.41) is 0. The molecule has 2 aromatic carbocycles. The van der Waals surface area contributed by atoms with E-state index >= 15 is 0 Å². The largest absolute Gasteiger partial charge is 0.496 e. The molecule has 9 heteroatoms. The molecule has 3 heterocycles. The molecule has 0 N–H and O–H groups in total. The van der Waals surface area contributed by atoms with Crippen LogP contribution in [0.4, 0.5) is 15.9 Å². The fourth-order valence-electron chi connectivity index (χ4n) is 4.51. The summed E-state index contributed by atoms with van der Waals surface area (Å²) in [6, 6.07) is 16.3. The standard InChI is InChI=1S/C29H30FN5O2S/c1-20-16-21(8-10-26(20)37-3)27-11-9-22(38-27)19-35(25-7-5-4-6-23(25)30)29(36)24-17-32-28(18-31-24)34-14-12-33(2)13-15-34/h4-11,16-18H,12-15,19H2,1-3H3. The van der Waals surface area contributed by atoms with E-state index in [1.54, 1.807) is 42.8 Å². The number of benzene rings is 2. The summed E-state index contributed by atoms with van der Waals surface area (Å²) in [5.74, 6) is 0.708. The van der Waals surface area contributed by atoms with Crippen LogP contribution in [0.1, 0.15) is 20.9 Å². The molecule has 38 heavy (non-hydrogen) atoms. The van der Waals surface area contributed by atoms with Crippen LogP contribution >= 0.6 is 11.3 Å². The zero-order valence-electron chi connectivity index (χ0n) is 21.7. The molecule has 5 rings (SSSR count). The van der Waals surface area contributed by atoms with Crippen LogP contribution in [0.3, 0.4) is 0 Å². The highest BCUT2D eigenvalue weighted by molar-refractivity contribution is 7.15. The van der Waals surface area contributed by atoms with E-state index in [1.165, 1.54) is 17.2 Å². The average molecular weight is 532 g/mol. The molecule has 1 fully saturated rings. The molecule has 1 aliphatic rings. The number of piperazine rings is 1. The van der Waals surface area contributed by atoms with Crippen molar-refractivity contribution in [1.29, 1.82) is 0 Å². The Bertz CT molecular complexity index is 1420. The molecule has 0 saturated carbocycles. The van der Waals surface area contributed by atoms with E-state index in [0.717, 1.165) is 58.6 Å². The molecule has 7 nitrogen and oxygen atoms in total. The first kappa shape index (κ1) is 25.8. The molecule has 0 bridgehead atoms. The maximum atomic E-state index is 14.9. The molecule has 1 saturated heterocycles. The first-order valence-electron chi connectivity index (χ1n) is 12.5. The van der Waals surface area contributed by atoms with Crippen molar-refractivity contribution in [2.75, 3.05) is 50.1 Å². The number of carbonyl (C=O) groups is 1. The van der Waals surface area contributed by atoms with Crippen LogP contribution in [-0.2, 0) is 6.54 Å². The van der Waals surface area contributed by atoms with Gasteiger partial charge in [-0.05, 0) is 67.6 Å². The Morgan fingerprint density at radius 1 is 1.05 bits per heavy atom. The second kappa shape index (κ2) is 11.3. The summed E-state index contributed by atoms with van der Waals surface area (Å²) in [7, 11) is 3.75. The first-order chi connectivity index (χ1) is 18.4. The van der Waals surface area contributed by atoms with E-state index in [2.05, 4.69) is 32.9 Å². The van der Waals surface area contributed by atoms with Crippen LogP contribution in [0.2, 0.25) is 0 Å². The Morgan fingerprint density at radius 2 is 1.84 bits per heavy atom. The van der Waals surface area contributed by atoms with Crippen LogP contribution in [0.25, 0.3) is 10.4 Å². The average Bonchev–Trinajstić information content (AvgIpc) is 3.41. The molecule has 4 aromatic rings. The normalized spacial score (nSPS) is 13.9. The van der Waals surface area contributed by atoms with Gasteiger partial charge in [0.2, 0.25) is 0 Å². The van der Waals surface area contributed by atoms with Gasteiger partial charge in [-0.1, -0.05) is 12.1 Å². The highest BCUT2D eigenvalue weighted by atomic mass is 32.1. The van der Waals surface area contributed by atoms with Gasteiger partial charge >= 0.3 is 0 Å². The van der Waals surface area contributed by atoms with Gasteiger partial charge in [0.25, 0.3) is 5.91 Å². The molecule has 1 aliphatic heterocycles. The Labute approximate surface area is 226 Å². The summed E-state index contributed by atoms with van der Waals surface area (Å²) in [5.41, 5.74) is 2.49. The second-order valence-corrected chi connectivity index (χ2v) is 10.5. The number of likely N-dealkylation sites (N-methyl/N-ethyl adjacent to an activating group) is 1. The number of carbonyl (C=O) groups excluding carboxylic acids is 1. The van der Waals surface area contributed by atoms with Crippen LogP contribution in [0.15, 0.2) is 67.0 Å². The number of hydrogen-bond acceptors (Lipinski definition) is 7. The number of thiophene rings is 1. The third-order valence-electron chi connectivity index (χ3n) is 6.73. The third kappa shape index (κ3) is 5.54. The topological polar surface area (TPSA) is 61.8 Å². The van der Waals surface area contributed by atoms with Gasteiger partial charge in [-0.2, -0.15) is 0 Å². The summed E-state index contributed by atoms with van der Waals surface area (Å²) in [4.78, 5) is 30.4. The fourth-order valence-corrected chi connectivity index (χ4v) is 5.50. The van der Waals surface area contributed by atoms with E-state index < -0.39 is 11.7 Å². The number of anilines is 2. The second-order valence-electron chi connectivity index (χ2n) is 9.34. The molecule has 0 spiro atoms. The van der Waals surface area contributed by atoms with Gasteiger partial charge in [0.1, 0.15) is 23.1 Å². The van der Waals surface area contributed by atoms with Crippen molar-refractivity contribution in [3.05, 3.63) is 88.9 Å². The molecule has 0 radical (unpaired) electrons. The van der Waals surface area contributed by atoms with E-state index in [4.69, 9.17) is 4.74 Å². The van der Waals surface area contributed by atoms with Crippen molar-refractivity contribution in [3.8, 4) is 16.2 Å². The Morgan fingerprint density at radius 3 is 2.53 bits per heavy atom. The van der Waals surface area contributed by atoms with Crippen LogP contribution in [0.5, 0.6) is 5.75 Å². The van der Waals surface area contributed by atoms with Gasteiger partial charge < -0.3 is 14.5 Å². The highest BCUT2D eigenvalue weighted by Crippen LogP contribution is 2.33. The minimum atomic E-state index is -0.467. The van der Waals surface area contributed by atoms with Crippen molar-refractivity contribution in [1.82, 2.24) is 14.9 Å².